The molecule has 0 radical (unpaired) electrons. The molecule has 0 saturated carbocycles. The molecule has 5 heteroatoms. The molecular weight excluding hydrogens is 186 g/mol. The largest absolute Gasteiger partial charge is 0.306 e. The maximum absolute atomic E-state index is 5.87. The molecule has 0 amide bonds. The molecule has 0 spiro atoms. The molecule has 1 nitrogen and oxygen atoms in total. The molecule has 0 heterocycles. The third kappa shape index (κ3) is 3.67. The Morgan fingerprint density at radius 1 is 1.44 bits per heavy atom. The van der Waals surface area contributed by atoms with Gasteiger partial charge in [0.2, 0.25) is 0 Å². The predicted molar refractivity (Wildman–Crippen MR) is 55.9 cm³/mol. The van der Waals surface area contributed by atoms with Crippen LogP contribution in [0.4, 0.5) is 0 Å². The number of hydrogen-bond donors (Lipinski definition) is 1. The van der Waals surface area contributed by atoms with E-state index in [1.54, 1.807) is 0 Å². The lowest BCUT2D eigenvalue weighted by molar-refractivity contribution is 1.12. The highest BCUT2D eigenvalue weighted by atomic mass is 35.6. The van der Waals surface area contributed by atoms with Gasteiger partial charge in [-0.2, -0.15) is 11.1 Å². The first-order chi connectivity index (χ1) is 4.09. The molecule has 9 heavy (non-hydrogen) atoms. The number of nitrogens with zero attached hydrogens (tertiary/aromatic N) is 1. The predicted octanol–water partition coefficient (Wildman–Crippen LogP) is 0.685. The van der Waals surface area contributed by atoms with E-state index in [1.807, 2.05) is 0 Å². The molecule has 0 aromatic carbocycles. The van der Waals surface area contributed by atoms with Crippen molar-refractivity contribution in [3.8, 4) is 0 Å². The fourth-order valence-electron chi connectivity index (χ4n) is 0.707. The third-order valence-electron chi connectivity index (χ3n) is 1.23. The monoisotopic (exact) mass is 201 g/mol. The van der Waals surface area contributed by atoms with Crippen molar-refractivity contribution < 1.29 is 0 Å². The number of hydrogen-bond acceptors (Lipinski definition) is 1. The highest BCUT2D eigenvalue weighted by molar-refractivity contribution is 8.15. The molecule has 0 bridgehead atoms. The first kappa shape index (κ1) is 10.0. The molecule has 0 saturated heterocycles. The van der Waals surface area contributed by atoms with Crippen molar-refractivity contribution in [2.24, 2.45) is 0 Å². The normalized spacial score (nSPS) is 14.3. The fourth-order valence-corrected chi connectivity index (χ4v) is 10.8. The Hall–Kier alpha value is 1.03. The van der Waals surface area contributed by atoms with Gasteiger partial charge in [-0.1, -0.05) is 13.1 Å². The van der Waals surface area contributed by atoms with E-state index in [4.69, 9.17) is 11.1 Å². The van der Waals surface area contributed by atoms with Gasteiger partial charge < -0.3 is 3.64 Å². The van der Waals surface area contributed by atoms with Crippen LogP contribution in [0.25, 0.3) is 0 Å². The van der Waals surface area contributed by atoms with Gasteiger partial charge in [-0.05, 0) is 12.5 Å². The van der Waals surface area contributed by atoms with Crippen LogP contribution < -0.4 is 0 Å². The van der Waals surface area contributed by atoms with Crippen LogP contribution in [0, 0.1) is 0 Å². The lowest BCUT2D eigenvalue weighted by atomic mass is 11.9. The number of halogens is 1. The first-order valence-electron chi connectivity index (χ1n) is 3.09. The summed E-state index contributed by atoms with van der Waals surface area (Å²) in [5, 5.41) is 0. The van der Waals surface area contributed by atoms with Gasteiger partial charge >= 0.3 is 0 Å². The van der Waals surface area contributed by atoms with Crippen LogP contribution in [-0.2, 0) is 0 Å². The summed E-state index contributed by atoms with van der Waals surface area (Å²) in [6, 6.07) is 0. The van der Waals surface area contributed by atoms with Gasteiger partial charge in [0, 0.05) is 0 Å². The molecule has 58 valence electrons. The smallest absolute Gasteiger partial charge is 0.199 e. The van der Waals surface area contributed by atoms with Crippen molar-refractivity contribution in [2.45, 2.75) is 13.1 Å². The van der Waals surface area contributed by atoms with E-state index in [-0.39, 0.29) is 20.1 Å². The van der Waals surface area contributed by atoms with Gasteiger partial charge in [0.05, 0.1) is 0 Å². The van der Waals surface area contributed by atoms with Gasteiger partial charge in [0.15, 0.2) is 8.99 Å². The molecule has 0 aromatic heterocycles. The van der Waals surface area contributed by atoms with E-state index < -0.39 is 8.96 Å². The second-order valence-corrected chi connectivity index (χ2v) is 10.9. The van der Waals surface area contributed by atoms with Crippen LogP contribution in [0.1, 0.15) is 0 Å². The second kappa shape index (κ2) is 4.79. The Morgan fingerprint density at radius 2 is 1.89 bits per heavy atom. The van der Waals surface area contributed by atoms with E-state index >= 15 is 0 Å². The lowest BCUT2D eigenvalue weighted by Crippen LogP contribution is -2.31. The van der Waals surface area contributed by atoms with Crippen molar-refractivity contribution in [3.63, 3.8) is 0 Å². The van der Waals surface area contributed by atoms with Gasteiger partial charge in [-0.3, -0.25) is 0 Å². The van der Waals surface area contributed by atoms with Crippen molar-refractivity contribution in [2.75, 3.05) is 12.5 Å². The fraction of sp³-hybridized carbons (Fsp3) is 1.00. The number of thiol groups is 1. The molecule has 0 aliphatic carbocycles. The van der Waals surface area contributed by atoms with Crippen LogP contribution in [-0.4, -0.2) is 34.1 Å². The van der Waals surface area contributed by atoms with Crippen LogP contribution in [0.2, 0.25) is 13.1 Å². The Kier molecular flexibility index (Phi) is 5.34. The zero-order valence-corrected chi connectivity index (χ0v) is 10.8. The maximum atomic E-state index is 5.87. The number of rotatable bonds is 3. The summed E-state index contributed by atoms with van der Waals surface area (Å²) < 4.78 is 2.57. The summed E-state index contributed by atoms with van der Waals surface area (Å²) in [5.41, 5.74) is 0. The topological polar surface area (TPSA) is 3.24 Å². The molecule has 0 fully saturated rings. The van der Waals surface area contributed by atoms with Crippen LogP contribution >= 0.6 is 22.2 Å². The summed E-state index contributed by atoms with van der Waals surface area (Å²) in [7, 11) is -0.922. The molecule has 0 aliphatic rings. The lowest BCUT2D eigenvalue weighted by Gasteiger charge is -2.29. The highest BCUT2D eigenvalue weighted by Gasteiger charge is 2.09. The van der Waals surface area contributed by atoms with Crippen LogP contribution in [0.15, 0.2) is 0 Å². The van der Waals surface area contributed by atoms with E-state index in [9.17, 15) is 0 Å². The van der Waals surface area contributed by atoms with Crippen molar-refractivity contribution in [1.82, 2.24) is 3.64 Å². The molecule has 0 atom stereocenters. The van der Waals surface area contributed by atoms with Gasteiger partial charge in [0.25, 0.3) is 0 Å². The molecule has 0 rings (SSSR count). The highest BCUT2D eigenvalue weighted by Crippen LogP contribution is 2.21. The Labute approximate surface area is 69.5 Å². The molecule has 0 unspecified atom stereocenters. The van der Waals surface area contributed by atoms with Crippen molar-refractivity contribution in [1.29, 1.82) is 0 Å². The van der Waals surface area contributed by atoms with Gasteiger partial charge in [0.1, 0.15) is 8.96 Å². The zero-order chi connectivity index (χ0) is 7.44. The third-order valence-corrected chi connectivity index (χ3v) is 13.3. The zero-order valence-electron chi connectivity index (χ0n) is 6.56. The average Bonchev–Trinajstić information content (AvgIpc) is 1.64. The summed E-state index contributed by atoms with van der Waals surface area (Å²) >= 11 is 5.99. The minimum absolute atomic E-state index is 0.121. The molecule has 0 aromatic rings. The van der Waals surface area contributed by atoms with Crippen LogP contribution in [0.3, 0.4) is 0 Å². The summed E-state index contributed by atoms with van der Waals surface area (Å²) in [4.78, 5) is 0. The van der Waals surface area contributed by atoms with E-state index in [1.165, 1.54) is 0 Å². The SMILES string of the molecule is C[SiH](C)N([SiH2]Cl)[SH](C)C. The summed E-state index contributed by atoms with van der Waals surface area (Å²) in [6.07, 6.45) is 4.58. The first-order valence-corrected chi connectivity index (χ1v) is 10.9. The summed E-state index contributed by atoms with van der Waals surface area (Å²) in [5.74, 6) is 0. The maximum Gasteiger partial charge on any atom is 0.199 e. The molecule has 0 aliphatic heterocycles. The molecule has 0 N–H and O–H groups in total. The van der Waals surface area contributed by atoms with Crippen LogP contribution in [0.5, 0.6) is 0 Å². The Balaban J connectivity index is 3.68. The van der Waals surface area contributed by atoms with E-state index in [0.29, 0.717) is 0 Å². The standard InChI is InChI=1S/C4H16ClNSSi2/c1-7(2)6(8-5)9(3)4/h7,9H,8H2,1-4H3. The molecular formula is C4H16ClNSSi2. The van der Waals surface area contributed by atoms with Crippen molar-refractivity contribution >= 4 is 40.1 Å². The average molecular weight is 202 g/mol. The Morgan fingerprint density at radius 3 is 1.89 bits per heavy atom. The van der Waals surface area contributed by atoms with E-state index in [0.717, 1.165) is 0 Å². The van der Waals surface area contributed by atoms with Gasteiger partial charge in [-0.25, -0.2) is 11.1 Å². The second-order valence-electron chi connectivity index (χ2n) is 2.50. The minimum Gasteiger partial charge on any atom is -0.306 e. The van der Waals surface area contributed by atoms with Gasteiger partial charge in [-0.15, -0.1) is 0 Å². The Bertz CT molecular complexity index is 73.0. The van der Waals surface area contributed by atoms with Crippen molar-refractivity contribution in [3.05, 3.63) is 0 Å². The summed E-state index contributed by atoms with van der Waals surface area (Å²) in [6.45, 7) is 4.69. The van der Waals surface area contributed by atoms with E-state index in [2.05, 4.69) is 29.2 Å². The quantitative estimate of drug-likeness (QED) is 0.400. The minimum atomic E-state index is -0.551.